The highest BCUT2D eigenvalue weighted by Gasteiger charge is 2.07. The number of esters is 2. The van der Waals surface area contributed by atoms with Crippen LogP contribution in [0.3, 0.4) is 0 Å². The summed E-state index contributed by atoms with van der Waals surface area (Å²) in [5.74, 6) is -0.766. The van der Waals surface area contributed by atoms with E-state index in [1.807, 2.05) is 0 Å². The Morgan fingerprint density at radius 2 is 1.15 bits per heavy atom. The van der Waals surface area contributed by atoms with Crippen molar-refractivity contribution < 1.29 is 44.6 Å². The van der Waals surface area contributed by atoms with E-state index in [4.69, 9.17) is 30.3 Å². The third kappa shape index (κ3) is 36.4. The summed E-state index contributed by atoms with van der Waals surface area (Å²) in [6.07, 6.45) is -1.04. The van der Waals surface area contributed by atoms with Gasteiger partial charge in [0.05, 0.1) is 50.5 Å². The van der Waals surface area contributed by atoms with E-state index in [2.05, 4.69) is 4.74 Å². The third-order valence-electron chi connectivity index (χ3n) is 2.58. The first-order valence-corrected chi connectivity index (χ1v) is 9.10. The zero-order chi connectivity index (χ0) is 21.8. The largest absolute Gasteiger partial charge is 0.466 e. The molecule has 0 rings (SSSR count). The lowest BCUT2D eigenvalue weighted by Gasteiger charge is -2.06. The number of carbonyl (C=O) groups is 2. The molecule has 9 nitrogen and oxygen atoms in total. The molecule has 0 spiro atoms. The van der Waals surface area contributed by atoms with Crippen LogP contribution in [-0.2, 0) is 19.1 Å². The van der Waals surface area contributed by atoms with Gasteiger partial charge in [-0.25, -0.2) is 0 Å². The Bertz CT molecular complexity index is 342. The molecule has 0 aliphatic carbocycles. The maximum absolute atomic E-state index is 10.8. The van der Waals surface area contributed by atoms with Crippen LogP contribution in [0.4, 0.5) is 0 Å². The average molecular weight is 398 g/mol. The molecule has 9 heteroatoms. The minimum absolute atomic E-state index is 0.0137. The van der Waals surface area contributed by atoms with Gasteiger partial charge >= 0.3 is 11.9 Å². The van der Waals surface area contributed by atoms with Crippen LogP contribution in [0.5, 0.6) is 0 Å². The van der Waals surface area contributed by atoms with E-state index in [0.29, 0.717) is 19.4 Å². The van der Waals surface area contributed by atoms with Crippen LogP contribution in [-0.4, -0.2) is 81.7 Å². The second-order valence-corrected chi connectivity index (χ2v) is 6.13. The molecule has 4 atom stereocenters. The maximum atomic E-state index is 10.8. The van der Waals surface area contributed by atoms with E-state index in [-0.39, 0.29) is 38.1 Å². The molecule has 0 fully saturated rings. The van der Waals surface area contributed by atoms with Crippen LogP contribution >= 0.6 is 0 Å². The fourth-order valence-electron chi connectivity index (χ4n) is 1.29. The molecule has 164 valence electrons. The van der Waals surface area contributed by atoms with E-state index in [1.54, 1.807) is 27.7 Å². The minimum Gasteiger partial charge on any atom is -0.466 e. The summed E-state index contributed by atoms with van der Waals surface area (Å²) in [5.41, 5.74) is 0. The van der Waals surface area contributed by atoms with Crippen LogP contribution in [0.1, 0.15) is 60.3 Å². The fraction of sp³-hybridized carbons (Fsp3) is 0.889. The molecular formula is C18H38O9. The number of aliphatic hydroxyl groups excluding tert-OH is 5. The van der Waals surface area contributed by atoms with E-state index in [0.717, 1.165) is 0 Å². The number of ether oxygens (including phenoxy) is 2. The Labute approximate surface area is 161 Å². The van der Waals surface area contributed by atoms with Crippen molar-refractivity contribution in [3.05, 3.63) is 0 Å². The second kappa shape index (κ2) is 21.0. The summed E-state index contributed by atoms with van der Waals surface area (Å²) in [7, 11) is 0. The normalized spacial score (nSPS) is 14.3. The summed E-state index contributed by atoms with van der Waals surface area (Å²) >= 11 is 0. The van der Waals surface area contributed by atoms with Gasteiger partial charge in [-0.3, -0.25) is 9.59 Å². The van der Waals surface area contributed by atoms with Crippen molar-refractivity contribution in [2.24, 2.45) is 0 Å². The smallest absolute Gasteiger partial charge is 0.308 e. The molecule has 0 aliphatic heterocycles. The molecule has 0 bridgehead atoms. The van der Waals surface area contributed by atoms with E-state index in [9.17, 15) is 9.59 Å². The van der Waals surface area contributed by atoms with Crippen molar-refractivity contribution in [1.29, 1.82) is 0 Å². The number of rotatable bonds is 10. The molecule has 0 aromatic rings. The zero-order valence-corrected chi connectivity index (χ0v) is 17.1. The summed E-state index contributed by atoms with van der Waals surface area (Å²) in [6.45, 7) is 8.76. The topological polar surface area (TPSA) is 154 Å². The van der Waals surface area contributed by atoms with Gasteiger partial charge in [0, 0.05) is 13.0 Å². The molecule has 0 aliphatic rings. The highest BCUT2D eigenvalue weighted by Crippen LogP contribution is 1.96. The van der Waals surface area contributed by atoms with Gasteiger partial charge in [0.2, 0.25) is 0 Å². The first-order valence-electron chi connectivity index (χ1n) is 9.10. The lowest BCUT2D eigenvalue weighted by Crippen LogP contribution is -2.15. The van der Waals surface area contributed by atoms with Crippen molar-refractivity contribution in [2.45, 2.75) is 84.7 Å². The monoisotopic (exact) mass is 398 g/mol. The Morgan fingerprint density at radius 1 is 0.741 bits per heavy atom. The average Bonchev–Trinajstić information content (AvgIpc) is 2.46. The van der Waals surface area contributed by atoms with E-state index < -0.39 is 24.3 Å². The maximum Gasteiger partial charge on any atom is 0.308 e. The molecule has 27 heavy (non-hydrogen) atoms. The van der Waals surface area contributed by atoms with Crippen molar-refractivity contribution >= 4 is 11.9 Å². The third-order valence-corrected chi connectivity index (χ3v) is 2.58. The number of carbonyl (C=O) groups excluding carboxylic acids is 2. The van der Waals surface area contributed by atoms with Crippen LogP contribution in [0, 0.1) is 0 Å². The molecule has 0 aromatic heterocycles. The minimum atomic E-state index is -0.663. The van der Waals surface area contributed by atoms with E-state index >= 15 is 0 Å². The lowest BCUT2D eigenvalue weighted by atomic mass is 10.3. The van der Waals surface area contributed by atoms with Crippen molar-refractivity contribution in [1.82, 2.24) is 0 Å². The molecule has 0 amide bonds. The molecule has 0 heterocycles. The zero-order valence-electron chi connectivity index (χ0n) is 17.1. The standard InChI is InChI=1S/C8H16O4.C6H12O3.C4H10O2/c1-6(9)3-4-12-8(11)5-7(2)10;1-3-9-6(8)4-5(2)7;1-4(6)2-3-5/h6-7,9-10H,3-5H2,1-2H3;5,7H,3-4H2,1-2H3;4-6H,2-3H2,1H3/t6-,7-;5-;4-/m111/s1. The second-order valence-electron chi connectivity index (χ2n) is 6.13. The summed E-state index contributed by atoms with van der Waals surface area (Å²) < 4.78 is 9.26. The lowest BCUT2D eigenvalue weighted by molar-refractivity contribution is -0.146. The van der Waals surface area contributed by atoms with Gasteiger partial charge in [0.15, 0.2) is 0 Å². The van der Waals surface area contributed by atoms with Crippen molar-refractivity contribution in [2.75, 3.05) is 19.8 Å². The highest BCUT2D eigenvalue weighted by molar-refractivity contribution is 5.70. The molecule has 0 radical (unpaired) electrons. The number of hydrogen-bond donors (Lipinski definition) is 5. The Kier molecular flexibility index (Phi) is 23.7. The molecule has 0 unspecified atom stereocenters. The van der Waals surface area contributed by atoms with Crippen LogP contribution in [0.15, 0.2) is 0 Å². The van der Waals surface area contributed by atoms with Crippen molar-refractivity contribution in [3.63, 3.8) is 0 Å². The van der Waals surface area contributed by atoms with Gasteiger partial charge in [-0.15, -0.1) is 0 Å². The number of aliphatic hydroxyl groups is 5. The first-order chi connectivity index (χ1) is 12.5. The van der Waals surface area contributed by atoms with Gasteiger partial charge < -0.3 is 35.0 Å². The molecule has 0 saturated heterocycles. The molecule has 0 aromatic carbocycles. The molecule has 5 N–H and O–H groups in total. The van der Waals surface area contributed by atoms with Crippen molar-refractivity contribution in [3.8, 4) is 0 Å². The predicted molar refractivity (Wildman–Crippen MR) is 99.9 cm³/mol. The van der Waals surface area contributed by atoms with Gasteiger partial charge in [0.25, 0.3) is 0 Å². The number of hydrogen-bond acceptors (Lipinski definition) is 9. The summed E-state index contributed by atoms with van der Waals surface area (Å²) in [5, 5.41) is 42.7. The summed E-state index contributed by atoms with van der Waals surface area (Å²) in [6, 6.07) is 0. The Balaban J connectivity index is -0.000000340. The molecular weight excluding hydrogens is 360 g/mol. The van der Waals surface area contributed by atoms with Gasteiger partial charge in [-0.05, 0) is 41.0 Å². The Hall–Kier alpha value is -1.26. The SMILES string of the molecule is CCOC(=O)C[C@@H](C)O.C[C@@H](O)CCO.C[C@@H](O)CCOC(=O)C[C@@H](C)O. The summed E-state index contributed by atoms with van der Waals surface area (Å²) in [4.78, 5) is 21.2. The highest BCUT2D eigenvalue weighted by atomic mass is 16.5. The van der Waals surface area contributed by atoms with Crippen LogP contribution < -0.4 is 0 Å². The Morgan fingerprint density at radius 3 is 1.41 bits per heavy atom. The quantitative estimate of drug-likeness (QED) is 0.323. The van der Waals surface area contributed by atoms with Gasteiger partial charge in [-0.2, -0.15) is 0 Å². The first kappa shape index (κ1) is 30.5. The van der Waals surface area contributed by atoms with Crippen LogP contribution in [0.25, 0.3) is 0 Å². The van der Waals surface area contributed by atoms with Gasteiger partial charge in [-0.1, -0.05) is 0 Å². The predicted octanol–water partition coefficient (Wildman–Crippen LogP) is 0.141. The molecule has 0 saturated carbocycles. The van der Waals surface area contributed by atoms with Crippen LogP contribution in [0.2, 0.25) is 0 Å². The van der Waals surface area contributed by atoms with E-state index in [1.165, 1.54) is 6.92 Å². The van der Waals surface area contributed by atoms with Gasteiger partial charge in [0.1, 0.15) is 0 Å². The fourth-order valence-corrected chi connectivity index (χ4v) is 1.29.